The molecule has 8 nitrogen and oxygen atoms in total. The first-order valence-corrected chi connectivity index (χ1v) is 17.1. The van der Waals surface area contributed by atoms with E-state index in [0.29, 0.717) is 64.5 Å². The first-order valence-electron chi connectivity index (χ1n) is 13.4. The minimum atomic E-state index is -1.17. The fourth-order valence-electron chi connectivity index (χ4n) is 5.01. The molecule has 0 bridgehead atoms. The zero-order valence-electron chi connectivity index (χ0n) is 23.0. The Labute approximate surface area is 229 Å². The highest BCUT2D eigenvalue weighted by atomic mass is 28.3. The third kappa shape index (κ3) is 7.44. The number of halogens is 1. The summed E-state index contributed by atoms with van der Waals surface area (Å²) in [5, 5.41) is 24.6. The maximum absolute atomic E-state index is 13.6. The number of hydrogen-bond donors (Lipinski definition) is 1. The Morgan fingerprint density at radius 1 is 1.15 bits per heavy atom. The number of aromatic nitrogens is 2. The van der Waals surface area contributed by atoms with E-state index in [9.17, 15) is 19.6 Å². The average Bonchev–Trinajstić information content (AvgIpc) is 3.32. The van der Waals surface area contributed by atoms with E-state index in [1.807, 2.05) is 18.3 Å². The number of benzene rings is 2. The van der Waals surface area contributed by atoms with Crippen molar-refractivity contribution in [2.24, 2.45) is 0 Å². The van der Waals surface area contributed by atoms with Crippen molar-refractivity contribution in [3.8, 4) is 6.07 Å². The quantitative estimate of drug-likeness (QED) is 0.244. The summed E-state index contributed by atoms with van der Waals surface area (Å²) in [6.45, 7) is 9.63. The molecule has 2 aromatic carbocycles. The lowest BCUT2D eigenvalue weighted by Gasteiger charge is -2.41. The first kappa shape index (κ1) is 28.7. The normalized spacial score (nSPS) is 15.4. The number of likely N-dealkylation sites (tertiary alicyclic amines) is 1. The number of fused-ring (bicyclic) bond motifs is 1. The molecule has 0 radical (unpaired) electrons. The number of carbonyl (C=O) groups is 1. The molecule has 1 amide bonds. The molecule has 208 valence electrons. The molecule has 10 heteroatoms. The van der Waals surface area contributed by atoms with Gasteiger partial charge in [-0.1, -0.05) is 31.8 Å². The van der Waals surface area contributed by atoms with Crippen LogP contribution in [0.4, 0.5) is 9.18 Å². The fourth-order valence-corrected chi connectivity index (χ4v) is 5.77. The van der Waals surface area contributed by atoms with Gasteiger partial charge in [0.1, 0.15) is 12.5 Å². The summed E-state index contributed by atoms with van der Waals surface area (Å²) in [5.74, 6) is -0.305. The SMILES string of the molecule is C[Si](C)(C)CCOCn1cc2cc(C#N)cc(CCOCC3(c4ccc(F)cc4)CCN(C(=O)O)CC3)c2n1. The van der Waals surface area contributed by atoms with Crippen molar-refractivity contribution in [3.63, 3.8) is 0 Å². The third-order valence-electron chi connectivity index (χ3n) is 7.43. The zero-order valence-corrected chi connectivity index (χ0v) is 24.0. The fraction of sp³-hybridized carbons (Fsp3) is 0.483. The molecule has 2 heterocycles. The van der Waals surface area contributed by atoms with Crippen LogP contribution in [-0.2, 0) is 28.0 Å². The van der Waals surface area contributed by atoms with Gasteiger partial charge in [0.15, 0.2) is 0 Å². The summed E-state index contributed by atoms with van der Waals surface area (Å²) >= 11 is 0. The van der Waals surface area contributed by atoms with Gasteiger partial charge in [-0.25, -0.2) is 13.9 Å². The monoisotopic (exact) mass is 552 g/mol. The van der Waals surface area contributed by atoms with E-state index < -0.39 is 19.6 Å². The molecule has 1 N–H and O–H groups in total. The van der Waals surface area contributed by atoms with Crippen molar-refractivity contribution < 1.29 is 23.8 Å². The summed E-state index contributed by atoms with van der Waals surface area (Å²) in [5.41, 5.74) is 2.89. The Hall–Kier alpha value is -3.26. The number of amides is 1. The molecule has 0 aliphatic carbocycles. The highest BCUT2D eigenvalue weighted by molar-refractivity contribution is 6.76. The Balaban J connectivity index is 1.43. The Morgan fingerprint density at radius 2 is 1.87 bits per heavy atom. The third-order valence-corrected chi connectivity index (χ3v) is 9.13. The van der Waals surface area contributed by atoms with E-state index in [1.54, 1.807) is 16.8 Å². The van der Waals surface area contributed by atoms with Crippen LogP contribution in [0.15, 0.2) is 42.6 Å². The van der Waals surface area contributed by atoms with Crippen molar-refractivity contribution in [2.75, 3.05) is 32.9 Å². The van der Waals surface area contributed by atoms with Gasteiger partial charge in [-0.3, -0.25) is 0 Å². The van der Waals surface area contributed by atoms with Crippen LogP contribution in [0, 0.1) is 17.1 Å². The van der Waals surface area contributed by atoms with E-state index in [0.717, 1.165) is 28.1 Å². The predicted octanol–water partition coefficient (Wildman–Crippen LogP) is 5.63. The smallest absolute Gasteiger partial charge is 0.407 e. The van der Waals surface area contributed by atoms with Gasteiger partial charge in [0, 0.05) is 44.8 Å². The molecule has 1 saturated heterocycles. The van der Waals surface area contributed by atoms with Crippen molar-refractivity contribution in [2.45, 2.75) is 57.1 Å². The molecule has 1 aliphatic rings. The number of nitrogens with zero attached hydrogens (tertiary/aromatic N) is 4. The maximum atomic E-state index is 13.6. The minimum Gasteiger partial charge on any atom is -0.465 e. The van der Waals surface area contributed by atoms with Crippen molar-refractivity contribution in [1.82, 2.24) is 14.7 Å². The number of nitriles is 1. The molecular formula is C29H37FN4O4Si. The van der Waals surface area contributed by atoms with E-state index >= 15 is 0 Å². The molecule has 0 saturated carbocycles. The van der Waals surface area contributed by atoms with Crippen LogP contribution < -0.4 is 0 Å². The lowest BCUT2D eigenvalue weighted by atomic mass is 9.73. The molecule has 0 unspecified atom stereocenters. The van der Waals surface area contributed by atoms with Crippen molar-refractivity contribution in [1.29, 1.82) is 5.26 Å². The lowest BCUT2D eigenvalue weighted by Crippen LogP contribution is -2.47. The molecule has 0 atom stereocenters. The maximum Gasteiger partial charge on any atom is 0.407 e. The number of hydrogen-bond acceptors (Lipinski definition) is 5. The Bertz CT molecular complexity index is 1320. The molecular weight excluding hydrogens is 515 g/mol. The minimum absolute atomic E-state index is 0.305. The van der Waals surface area contributed by atoms with Gasteiger partial charge in [0.05, 0.1) is 30.4 Å². The molecule has 0 spiro atoms. The summed E-state index contributed by atoms with van der Waals surface area (Å²) in [7, 11) is -1.17. The van der Waals surface area contributed by atoms with Crippen molar-refractivity contribution in [3.05, 3.63) is 65.1 Å². The molecule has 39 heavy (non-hydrogen) atoms. The molecule has 1 aliphatic heterocycles. The molecule has 3 aromatic rings. The highest BCUT2D eigenvalue weighted by Gasteiger charge is 2.38. The van der Waals surface area contributed by atoms with E-state index in [-0.39, 0.29) is 5.82 Å². The van der Waals surface area contributed by atoms with Gasteiger partial charge >= 0.3 is 6.09 Å². The highest BCUT2D eigenvalue weighted by Crippen LogP contribution is 2.36. The van der Waals surface area contributed by atoms with Gasteiger partial charge in [0.2, 0.25) is 0 Å². The zero-order chi connectivity index (χ0) is 28.0. The molecule has 1 aromatic heterocycles. The Morgan fingerprint density at radius 3 is 2.51 bits per heavy atom. The summed E-state index contributed by atoms with van der Waals surface area (Å²) in [4.78, 5) is 12.9. The Kier molecular flexibility index (Phi) is 9.05. The number of ether oxygens (including phenoxy) is 2. The standard InChI is InChI=1S/C29H37FN4O4Si/c1-39(2,3)15-14-38-21-34-19-24-17-22(18-31)16-23(27(24)32-34)8-13-37-20-29(25-4-6-26(30)7-5-25)9-11-33(12-10-29)28(35)36/h4-7,16-17,19H,8-15,20-21H2,1-3H3,(H,35,36). The van der Waals surface area contributed by atoms with Crippen LogP contribution in [0.25, 0.3) is 10.9 Å². The van der Waals surface area contributed by atoms with E-state index in [2.05, 4.69) is 25.7 Å². The molecule has 1 fully saturated rings. The largest absolute Gasteiger partial charge is 0.465 e. The molecule has 4 rings (SSSR count). The van der Waals surface area contributed by atoms with Gasteiger partial charge < -0.3 is 19.5 Å². The van der Waals surface area contributed by atoms with Gasteiger partial charge in [-0.2, -0.15) is 10.4 Å². The summed E-state index contributed by atoms with van der Waals surface area (Å²) in [6.07, 6.45) is 2.75. The number of carboxylic acid groups (broad SMARTS) is 1. The first-order chi connectivity index (χ1) is 18.6. The van der Waals surface area contributed by atoms with Crippen LogP contribution in [0.5, 0.6) is 0 Å². The van der Waals surface area contributed by atoms with Crippen LogP contribution in [0.1, 0.15) is 29.5 Å². The van der Waals surface area contributed by atoms with Gasteiger partial charge in [-0.05, 0) is 60.7 Å². The summed E-state index contributed by atoms with van der Waals surface area (Å²) < 4.78 is 27.4. The van der Waals surface area contributed by atoms with Gasteiger partial charge in [0.25, 0.3) is 0 Å². The average molecular weight is 553 g/mol. The van der Waals surface area contributed by atoms with Crippen LogP contribution >= 0.6 is 0 Å². The lowest BCUT2D eigenvalue weighted by molar-refractivity contribution is 0.0460. The van der Waals surface area contributed by atoms with Crippen LogP contribution in [-0.4, -0.2) is 66.9 Å². The topological polar surface area (TPSA) is 101 Å². The second-order valence-corrected chi connectivity index (χ2v) is 17.2. The number of rotatable bonds is 11. The van der Waals surface area contributed by atoms with E-state index in [4.69, 9.17) is 14.6 Å². The van der Waals surface area contributed by atoms with Crippen molar-refractivity contribution >= 4 is 25.1 Å². The summed E-state index contributed by atoms with van der Waals surface area (Å²) in [6, 6.07) is 13.4. The van der Waals surface area contributed by atoms with E-state index in [1.165, 1.54) is 17.0 Å². The second-order valence-electron chi connectivity index (χ2n) is 11.6. The van der Waals surface area contributed by atoms with Crippen LogP contribution in [0.2, 0.25) is 25.7 Å². The number of piperidine rings is 1. The predicted molar refractivity (Wildman–Crippen MR) is 150 cm³/mol. The second kappa shape index (κ2) is 12.3. The van der Waals surface area contributed by atoms with Gasteiger partial charge in [-0.15, -0.1) is 0 Å². The van der Waals surface area contributed by atoms with Crippen LogP contribution in [0.3, 0.4) is 0 Å².